The maximum atomic E-state index is 5.72. The van der Waals surface area contributed by atoms with Crippen molar-refractivity contribution in [3.63, 3.8) is 0 Å². The van der Waals surface area contributed by atoms with Crippen molar-refractivity contribution >= 4 is 0 Å². The highest BCUT2D eigenvalue weighted by molar-refractivity contribution is 5.25. The van der Waals surface area contributed by atoms with Crippen molar-refractivity contribution in [2.45, 2.75) is 52.1 Å². The minimum atomic E-state index is 0.462. The molecule has 106 valence electrons. The van der Waals surface area contributed by atoms with E-state index < -0.39 is 0 Å². The molecule has 0 aliphatic heterocycles. The van der Waals surface area contributed by atoms with Crippen molar-refractivity contribution in [3.05, 3.63) is 35.4 Å². The summed E-state index contributed by atoms with van der Waals surface area (Å²) in [6.45, 7) is 9.83. The monoisotopic (exact) mass is 260 g/mol. The van der Waals surface area contributed by atoms with E-state index >= 15 is 0 Å². The summed E-state index contributed by atoms with van der Waals surface area (Å²) < 4.78 is 0. The van der Waals surface area contributed by atoms with Crippen LogP contribution in [0.25, 0.3) is 0 Å². The van der Waals surface area contributed by atoms with Gasteiger partial charge in [-0.1, -0.05) is 45.0 Å². The van der Waals surface area contributed by atoms with Crippen LogP contribution in [0.1, 0.15) is 50.7 Å². The van der Waals surface area contributed by atoms with Gasteiger partial charge in [-0.15, -0.1) is 0 Å². The summed E-state index contributed by atoms with van der Waals surface area (Å²) in [6.07, 6.45) is 2.77. The van der Waals surface area contributed by atoms with E-state index in [0.29, 0.717) is 5.92 Å². The van der Waals surface area contributed by atoms with E-state index in [9.17, 15) is 0 Å². The van der Waals surface area contributed by atoms with Crippen LogP contribution >= 0.6 is 0 Å². The number of nitrogens with two attached hydrogens (primary N) is 1. The quantitative estimate of drug-likeness (QED) is 0.814. The van der Waals surface area contributed by atoms with E-state index in [1.54, 1.807) is 0 Å². The van der Waals surface area contributed by atoms with E-state index in [-0.39, 0.29) is 0 Å². The second kappa shape index (κ2) is 6.53. The third-order valence-electron chi connectivity index (χ3n) is 3.95. The molecule has 1 saturated carbocycles. The average Bonchev–Trinajstić information content (AvgIpc) is 3.21. The van der Waals surface area contributed by atoms with Crippen molar-refractivity contribution in [1.82, 2.24) is 4.90 Å². The summed E-state index contributed by atoms with van der Waals surface area (Å²) in [5, 5.41) is 0. The molecule has 1 atom stereocenters. The first-order valence-electron chi connectivity index (χ1n) is 7.63. The molecule has 1 aliphatic rings. The molecular formula is C17H28N2. The van der Waals surface area contributed by atoms with Crippen LogP contribution in [0.15, 0.2) is 24.3 Å². The Morgan fingerprint density at radius 2 is 1.79 bits per heavy atom. The fourth-order valence-electron chi connectivity index (χ4n) is 2.57. The Bertz CT molecular complexity index is 379. The largest absolute Gasteiger partial charge is 0.330 e. The van der Waals surface area contributed by atoms with Gasteiger partial charge in [0.25, 0.3) is 0 Å². The van der Waals surface area contributed by atoms with E-state index in [1.165, 1.54) is 30.5 Å². The predicted octanol–water partition coefficient (Wildman–Crippen LogP) is 3.37. The lowest BCUT2D eigenvalue weighted by atomic mass is 10.00. The van der Waals surface area contributed by atoms with Crippen LogP contribution in [0.5, 0.6) is 0 Å². The van der Waals surface area contributed by atoms with Gasteiger partial charge in [-0.25, -0.2) is 0 Å². The van der Waals surface area contributed by atoms with Crippen LogP contribution in [0, 0.1) is 5.92 Å². The molecular weight excluding hydrogens is 232 g/mol. The van der Waals surface area contributed by atoms with Crippen LogP contribution in [0.2, 0.25) is 0 Å². The molecule has 0 spiro atoms. The Morgan fingerprint density at radius 3 is 2.26 bits per heavy atom. The highest BCUT2D eigenvalue weighted by Gasteiger charge is 2.29. The molecule has 0 bridgehead atoms. The third-order valence-corrected chi connectivity index (χ3v) is 3.95. The van der Waals surface area contributed by atoms with E-state index in [4.69, 9.17) is 5.73 Å². The summed E-state index contributed by atoms with van der Waals surface area (Å²) in [4.78, 5) is 2.64. The zero-order valence-corrected chi connectivity index (χ0v) is 12.6. The number of hydrogen-bond donors (Lipinski definition) is 1. The van der Waals surface area contributed by atoms with E-state index in [0.717, 1.165) is 25.0 Å². The Morgan fingerprint density at radius 1 is 1.16 bits per heavy atom. The van der Waals surface area contributed by atoms with Crippen LogP contribution in [0.3, 0.4) is 0 Å². The van der Waals surface area contributed by atoms with Crippen LogP contribution in [0.4, 0.5) is 0 Å². The summed E-state index contributed by atoms with van der Waals surface area (Å²) >= 11 is 0. The maximum absolute atomic E-state index is 5.72. The molecule has 0 aromatic heterocycles. The fourth-order valence-corrected chi connectivity index (χ4v) is 2.57. The van der Waals surface area contributed by atoms with Crippen molar-refractivity contribution in [1.29, 1.82) is 0 Å². The molecule has 2 rings (SSSR count). The Balaban J connectivity index is 1.97. The Labute approximate surface area is 118 Å². The van der Waals surface area contributed by atoms with Crippen molar-refractivity contribution in [2.75, 3.05) is 13.1 Å². The molecule has 1 unspecified atom stereocenters. The van der Waals surface area contributed by atoms with Gasteiger partial charge in [-0.3, -0.25) is 4.90 Å². The molecule has 1 aromatic rings. The summed E-state index contributed by atoms with van der Waals surface area (Å²) in [6, 6.07) is 9.87. The fraction of sp³-hybridized carbons (Fsp3) is 0.647. The van der Waals surface area contributed by atoms with Crippen molar-refractivity contribution in [2.24, 2.45) is 11.7 Å². The second-order valence-corrected chi connectivity index (χ2v) is 6.43. The van der Waals surface area contributed by atoms with E-state index in [2.05, 4.69) is 49.9 Å². The number of hydrogen-bond acceptors (Lipinski definition) is 2. The number of nitrogens with zero attached hydrogens (tertiary/aromatic N) is 1. The standard InChI is InChI=1S/C17H28N2/c1-13(2)11-19(17-8-9-17)12-15-4-6-16(7-5-15)14(3)10-18/h4-7,13-14,17H,8-12,18H2,1-3H3. The van der Waals surface area contributed by atoms with Crippen molar-refractivity contribution < 1.29 is 0 Å². The van der Waals surface area contributed by atoms with Crippen LogP contribution in [-0.2, 0) is 6.54 Å². The van der Waals surface area contributed by atoms with Gasteiger partial charge in [0, 0.05) is 19.1 Å². The summed E-state index contributed by atoms with van der Waals surface area (Å²) in [5.41, 5.74) is 8.50. The molecule has 1 aliphatic carbocycles. The lowest BCUT2D eigenvalue weighted by Gasteiger charge is -2.24. The van der Waals surface area contributed by atoms with Gasteiger partial charge in [-0.05, 0) is 42.3 Å². The predicted molar refractivity (Wildman–Crippen MR) is 82.2 cm³/mol. The summed E-state index contributed by atoms with van der Waals surface area (Å²) in [5.74, 6) is 1.21. The lowest BCUT2D eigenvalue weighted by Crippen LogP contribution is -2.29. The first kappa shape index (κ1) is 14.5. The Hall–Kier alpha value is -0.860. The smallest absolute Gasteiger partial charge is 0.0236 e. The minimum absolute atomic E-state index is 0.462. The Kier molecular flexibility index (Phi) is 5.00. The molecule has 0 radical (unpaired) electrons. The zero-order chi connectivity index (χ0) is 13.8. The molecule has 19 heavy (non-hydrogen) atoms. The highest BCUT2D eigenvalue weighted by Crippen LogP contribution is 2.29. The molecule has 0 heterocycles. The van der Waals surface area contributed by atoms with Gasteiger partial charge in [0.1, 0.15) is 0 Å². The van der Waals surface area contributed by atoms with Gasteiger partial charge in [0.05, 0.1) is 0 Å². The van der Waals surface area contributed by atoms with Gasteiger partial charge < -0.3 is 5.73 Å². The van der Waals surface area contributed by atoms with Crippen LogP contribution < -0.4 is 5.73 Å². The molecule has 0 saturated heterocycles. The molecule has 2 nitrogen and oxygen atoms in total. The number of benzene rings is 1. The minimum Gasteiger partial charge on any atom is -0.330 e. The SMILES string of the molecule is CC(C)CN(Cc1ccc(C(C)CN)cc1)C1CC1. The molecule has 1 fully saturated rings. The van der Waals surface area contributed by atoms with Gasteiger partial charge in [0.15, 0.2) is 0 Å². The maximum Gasteiger partial charge on any atom is 0.0236 e. The first-order valence-corrected chi connectivity index (χ1v) is 7.63. The average molecular weight is 260 g/mol. The van der Waals surface area contributed by atoms with E-state index in [1.807, 2.05) is 0 Å². The lowest BCUT2D eigenvalue weighted by molar-refractivity contribution is 0.226. The topological polar surface area (TPSA) is 29.3 Å². The molecule has 1 aromatic carbocycles. The highest BCUT2D eigenvalue weighted by atomic mass is 15.2. The number of rotatable bonds is 7. The van der Waals surface area contributed by atoms with Gasteiger partial charge in [0.2, 0.25) is 0 Å². The second-order valence-electron chi connectivity index (χ2n) is 6.43. The van der Waals surface area contributed by atoms with Gasteiger partial charge in [-0.2, -0.15) is 0 Å². The van der Waals surface area contributed by atoms with Crippen molar-refractivity contribution in [3.8, 4) is 0 Å². The molecule has 2 N–H and O–H groups in total. The van der Waals surface area contributed by atoms with Crippen LogP contribution in [-0.4, -0.2) is 24.0 Å². The normalized spacial score (nSPS) is 17.2. The summed E-state index contributed by atoms with van der Waals surface area (Å²) in [7, 11) is 0. The third kappa shape index (κ3) is 4.32. The molecule has 0 amide bonds. The zero-order valence-electron chi connectivity index (χ0n) is 12.6. The van der Waals surface area contributed by atoms with Gasteiger partial charge >= 0.3 is 0 Å². The molecule has 2 heteroatoms. The first-order chi connectivity index (χ1) is 9.10.